The summed E-state index contributed by atoms with van der Waals surface area (Å²) in [5.41, 5.74) is 1.38. The Morgan fingerprint density at radius 3 is 2.80 bits per heavy atom. The van der Waals surface area contributed by atoms with Gasteiger partial charge < -0.3 is 0 Å². The molecule has 1 amide bonds. The molecule has 102 valence electrons. The third kappa shape index (κ3) is 2.52. The molecule has 1 aromatic carbocycles. The minimum atomic E-state index is -0.777. The Morgan fingerprint density at radius 2 is 2.15 bits per heavy atom. The molecular formula is C11H9N5O4. The zero-order chi connectivity index (χ0) is 14.7. The van der Waals surface area contributed by atoms with E-state index in [1.165, 1.54) is 24.3 Å². The summed E-state index contributed by atoms with van der Waals surface area (Å²) >= 11 is 0. The first kappa shape index (κ1) is 13.4. The molecule has 1 aromatic heterocycles. The van der Waals surface area contributed by atoms with Gasteiger partial charge in [0.15, 0.2) is 0 Å². The van der Waals surface area contributed by atoms with Gasteiger partial charge in [0, 0.05) is 17.7 Å². The number of aromatic amines is 1. The fourth-order valence-corrected chi connectivity index (χ4v) is 1.58. The molecule has 9 nitrogen and oxygen atoms in total. The minimum absolute atomic E-state index is 0.125. The molecule has 0 aliphatic heterocycles. The lowest BCUT2D eigenvalue weighted by Gasteiger charge is -2.03. The number of benzene rings is 1. The summed E-state index contributed by atoms with van der Waals surface area (Å²) in [6, 6.07) is 6.86. The summed E-state index contributed by atoms with van der Waals surface area (Å²) in [4.78, 5) is 33.0. The molecule has 1 heterocycles. The smallest absolute Gasteiger partial charge is 0.277 e. The van der Waals surface area contributed by atoms with Crippen LogP contribution >= 0.6 is 0 Å². The number of H-pyrrole nitrogens is 1. The van der Waals surface area contributed by atoms with Gasteiger partial charge in [-0.2, -0.15) is 5.10 Å². The normalized spacial score (nSPS) is 10.1. The van der Waals surface area contributed by atoms with Gasteiger partial charge in [-0.15, -0.1) is 0 Å². The second-order valence-corrected chi connectivity index (χ2v) is 3.78. The van der Waals surface area contributed by atoms with Crippen LogP contribution in [-0.4, -0.2) is 21.0 Å². The number of hydrogen-bond acceptors (Lipinski definition) is 6. The van der Waals surface area contributed by atoms with Crippen molar-refractivity contribution in [2.45, 2.75) is 0 Å². The predicted octanol–water partition coefficient (Wildman–Crippen LogP) is -0.0514. The Balaban J connectivity index is 2.53. The first-order chi connectivity index (χ1) is 9.52. The lowest BCUT2D eigenvalue weighted by Crippen LogP contribution is -2.34. The zero-order valence-corrected chi connectivity index (χ0v) is 9.99. The number of nitrogens with one attached hydrogen (secondary N) is 2. The van der Waals surface area contributed by atoms with Gasteiger partial charge >= 0.3 is 0 Å². The average Bonchev–Trinajstić information content (AvgIpc) is 2.47. The van der Waals surface area contributed by atoms with Crippen molar-refractivity contribution < 1.29 is 9.72 Å². The summed E-state index contributed by atoms with van der Waals surface area (Å²) in [5, 5.41) is 16.6. The maximum atomic E-state index is 11.4. The molecular weight excluding hydrogens is 266 g/mol. The SMILES string of the molecule is NNC(=O)c1cc(-c2cccc([N+](=O)[O-])c2)n[nH]c1=O. The van der Waals surface area contributed by atoms with Crippen LogP contribution in [0.25, 0.3) is 11.3 Å². The number of nitrogens with zero attached hydrogens (tertiary/aromatic N) is 2. The van der Waals surface area contributed by atoms with Crippen molar-refractivity contribution in [3.8, 4) is 11.3 Å². The van der Waals surface area contributed by atoms with Gasteiger partial charge in [-0.3, -0.25) is 25.1 Å². The zero-order valence-electron chi connectivity index (χ0n) is 9.99. The van der Waals surface area contributed by atoms with Crippen LogP contribution in [0.1, 0.15) is 10.4 Å². The second kappa shape index (κ2) is 5.28. The van der Waals surface area contributed by atoms with Crippen LogP contribution in [0.5, 0.6) is 0 Å². The van der Waals surface area contributed by atoms with Crippen molar-refractivity contribution in [1.29, 1.82) is 0 Å². The van der Waals surface area contributed by atoms with E-state index in [2.05, 4.69) is 10.2 Å². The van der Waals surface area contributed by atoms with Crippen LogP contribution < -0.4 is 16.8 Å². The maximum absolute atomic E-state index is 11.4. The van der Waals surface area contributed by atoms with Crippen molar-refractivity contribution in [2.75, 3.05) is 0 Å². The molecule has 0 bridgehead atoms. The Labute approximate surface area is 111 Å². The van der Waals surface area contributed by atoms with Crippen LogP contribution in [0.2, 0.25) is 0 Å². The van der Waals surface area contributed by atoms with Crippen LogP contribution in [0.15, 0.2) is 35.1 Å². The highest BCUT2D eigenvalue weighted by Gasteiger charge is 2.13. The Kier molecular flexibility index (Phi) is 3.53. The van der Waals surface area contributed by atoms with Gasteiger partial charge in [-0.1, -0.05) is 12.1 Å². The van der Waals surface area contributed by atoms with Gasteiger partial charge in [-0.25, -0.2) is 10.9 Å². The number of carbonyl (C=O) groups excluding carboxylic acids is 1. The fourth-order valence-electron chi connectivity index (χ4n) is 1.58. The molecule has 2 aromatic rings. The molecule has 0 unspecified atom stereocenters. The van der Waals surface area contributed by atoms with Gasteiger partial charge in [0.05, 0.1) is 10.6 Å². The molecule has 0 spiro atoms. The molecule has 0 aliphatic carbocycles. The number of aromatic nitrogens is 2. The highest BCUT2D eigenvalue weighted by molar-refractivity contribution is 5.94. The number of nitrogen functional groups attached to an aromatic ring is 1. The van der Waals surface area contributed by atoms with Crippen molar-refractivity contribution in [1.82, 2.24) is 15.6 Å². The number of amides is 1. The van der Waals surface area contributed by atoms with E-state index in [4.69, 9.17) is 5.84 Å². The Hall–Kier alpha value is -3.07. The van der Waals surface area contributed by atoms with E-state index >= 15 is 0 Å². The van der Waals surface area contributed by atoms with Crippen LogP contribution in [0, 0.1) is 10.1 Å². The molecule has 0 fully saturated rings. The topological polar surface area (TPSA) is 144 Å². The lowest BCUT2D eigenvalue weighted by molar-refractivity contribution is -0.384. The van der Waals surface area contributed by atoms with E-state index in [9.17, 15) is 19.7 Å². The monoisotopic (exact) mass is 275 g/mol. The van der Waals surface area contributed by atoms with Crippen LogP contribution in [0.3, 0.4) is 0 Å². The van der Waals surface area contributed by atoms with Crippen LogP contribution in [-0.2, 0) is 0 Å². The van der Waals surface area contributed by atoms with Crippen molar-refractivity contribution >= 4 is 11.6 Å². The van der Waals surface area contributed by atoms with Crippen molar-refractivity contribution in [2.24, 2.45) is 5.84 Å². The van der Waals surface area contributed by atoms with Gasteiger partial charge in [-0.05, 0) is 6.07 Å². The van der Waals surface area contributed by atoms with Crippen molar-refractivity contribution in [3.05, 3.63) is 56.4 Å². The molecule has 0 radical (unpaired) electrons. The van der Waals surface area contributed by atoms with Gasteiger partial charge in [0.2, 0.25) is 0 Å². The molecule has 2 rings (SSSR count). The predicted molar refractivity (Wildman–Crippen MR) is 68.6 cm³/mol. The number of nitro groups is 1. The number of non-ortho nitro benzene ring substituents is 1. The van der Waals surface area contributed by atoms with E-state index in [0.29, 0.717) is 5.56 Å². The second-order valence-electron chi connectivity index (χ2n) is 3.78. The summed E-state index contributed by atoms with van der Waals surface area (Å²) in [6.45, 7) is 0. The molecule has 20 heavy (non-hydrogen) atoms. The number of carbonyl (C=O) groups is 1. The molecule has 9 heteroatoms. The number of hydrogen-bond donors (Lipinski definition) is 3. The molecule has 4 N–H and O–H groups in total. The van der Waals surface area contributed by atoms with E-state index in [-0.39, 0.29) is 16.9 Å². The minimum Gasteiger partial charge on any atom is -0.290 e. The summed E-state index contributed by atoms with van der Waals surface area (Å²) in [7, 11) is 0. The number of nitro benzene ring substituents is 1. The molecule has 0 saturated carbocycles. The Morgan fingerprint density at radius 1 is 1.40 bits per heavy atom. The molecule has 0 aliphatic rings. The van der Waals surface area contributed by atoms with E-state index in [1.807, 2.05) is 5.43 Å². The number of rotatable bonds is 3. The van der Waals surface area contributed by atoms with E-state index in [0.717, 1.165) is 0 Å². The highest BCUT2D eigenvalue weighted by Crippen LogP contribution is 2.21. The maximum Gasteiger partial charge on any atom is 0.277 e. The van der Waals surface area contributed by atoms with E-state index in [1.54, 1.807) is 6.07 Å². The fraction of sp³-hybridized carbons (Fsp3) is 0. The summed E-state index contributed by atoms with van der Waals surface area (Å²) in [5.74, 6) is 4.19. The number of hydrazine groups is 1. The van der Waals surface area contributed by atoms with Gasteiger partial charge in [0.1, 0.15) is 5.56 Å². The van der Waals surface area contributed by atoms with E-state index < -0.39 is 16.4 Å². The average molecular weight is 275 g/mol. The van der Waals surface area contributed by atoms with Crippen LogP contribution in [0.4, 0.5) is 5.69 Å². The summed E-state index contributed by atoms with van der Waals surface area (Å²) < 4.78 is 0. The lowest BCUT2D eigenvalue weighted by atomic mass is 10.1. The Bertz CT molecular complexity index is 740. The first-order valence-electron chi connectivity index (χ1n) is 5.38. The van der Waals surface area contributed by atoms with Gasteiger partial charge in [0.25, 0.3) is 17.2 Å². The largest absolute Gasteiger partial charge is 0.290 e. The third-order valence-corrected chi connectivity index (χ3v) is 2.53. The molecule has 0 saturated heterocycles. The highest BCUT2D eigenvalue weighted by atomic mass is 16.6. The first-order valence-corrected chi connectivity index (χ1v) is 5.38. The standard InChI is InChI=1S/C11H9N5O4/c12-13-10(17)8-5-9(14-15-11(8)18)6-2-1-3-7(4-6)16(19)20/h1-5H,12H2,(H,13,17)(H,15,18). The third-order valence-electron chi connectivity index (χ3n) is 2.53. The number of nitrogens with two attached hydrogens (primary N) is 1. The quantitative estimate of drug-likeness (QED) is 0.310. The van der Waals surface area contributed by atoms with Crippen molar-refractivity contribution in [3.63, 3.8) is 0 Å². The molecule has 0 atom stereocenters. The summed E-state index contributed by atoms with van der Waals surface area (Å²) in [6.07, 6.45) is 0.